The van der Waals surface area contributed by atoms with Crippen LogP contribution in [0.2, 0.25) is 0 Å². The van der Waals surface area contributed by atoms with E-state index < -0.39 is 12.0 Å². The van der Waals surface area contributed by atoms with Crippen molar-refractivity contribution >= 4 is 34.5 Å². The van der Waals surface area contributed by atoms with Gasteiger partial charge >= 0.3 is 11.9 Å². The number of benzene rings is 1. The average Bonchev–Trinajstić information content (AvgIpc) is 3.56. The highest BCUT2D eigenvalue weighted by molar-refractivity contribution is 5.91. The van der Waals surface area contributed by atoms with Crippen molar-refractivity contribution < 1.29 is 28.7 Å². The maximum Gasteiger partial charge on any atom is 0.328 e. The molecule has 0 unspecified atom stereocenters. The third-order valence-electron chi connectivity index (χ3n) is 11.6. The van der Waals surface area contributed by atoms with Crippen LogP contribution in [0.4, 0.5) is 0 Å². The second-order valence-corrected chi connectivity index (χ2v) is 13.8. The smallest absolute Gasteiger partial charge is 0.328 e. The summed E-state index contributed by atoms with van der Waals surface area (Å²) in [4.78, 5) is 53.7. The van der Waals surface area contributed by atoms with Crippen molar-refractivity contribution in [3.8, 4) is 0 Å². The molecule has 3 fully saturated rings. The summed E-state index contributed by atoms with van der Waals surface area (Å²) >= 11 is 0. The zero-order valence-corrected chi connectivity index (χ0v) is 25.6. The molecule has 230 valence electrons. The maximum absolute atomic E-state index is 13.0. The molecule has 2 aromatic rings. The average molecular weight is 589 g/mol. The standard InChI is InChI=1S/C35H44N2O6/c1-34-16-14-23(38)19-22(34)8-9-25-26-10-11-30(35(26,2)17-15-27(25)34)43-32(40)13-12-31(39)37-29(33(41)42-3)18-21-20-36-28-7-5-4-6-24(21)28/h4-7,19-20,25-27,29-30,36H,8-18H2,1-3H3,(H,37,39)/t25-,26+,27-,29-,30+,34-,35-/m0/s1. The fourth-order valence-electron chi connectivity index (χ4n) is 9.26. The lowest BCUT2D eigenvalue weighted by atomic mass is 9.47. The number of methoxy groups -OCH3 is 1. The number of carbonyl (C=O) groups excluding carboxylic acids is 4. The van der Waals surface area contributed by atoms with Crippen molar-refractivity contribution in [3.05, 3.63) is 47.7 Å². The van der Waals surface area contributed by atoms with E-state index in [4.69, 9.17) is 9.47 Å². The largest absolute Gasteiger partial charge is 0.467 e. The van der Waals surface area contributed by atoms with E-state index in [-0.39, 0.29) is 53.9 Å². The number of esters is 2. The van der Waals surface area contributed by atoms with Crippen molar-refractivity contribution in [2.24, 2.45) is 28.6 Å². The summed E-state index contributed by atoms with van der Waals surface area (Å²) in [5.74, 6) is 0.702. The van der Waals surface area contributed by atoms with Gasteiger partial charge in [0.2, 0.25) is 5.91 Å². The van der Waals surface area contributed by atoms with E-state index in [0.29, 0.717) is 24.2 Å². The van der Waals surface area contributed by atoms with Crippen LogP contribution in [0.5, 0.6) is 0 Å². The van der Waals surface area contributed by atoms with Crippen molar-refractivity contribution in [2.75, 3.05) is 7.11 Å². The maximum atomic E-state index is 13.0. The number of hydrogen-bond donors (Lipinski definition) is 2. The number of amides is 1. The second-order valence-electron chi connectivity index (χ2n) is 13.8. The lowest BCUT2D eigenvalue weighted by Gasteiger charge is -2.57. The van der Waals surface area contributed by atoms with Gasteiger partial charge in [-0.05, 0) is 85.8 Å². The van der Waals surface area contributed by atoms with E-state index in [2.05, 4.69) is 24.1 Å². The molecule has 8 heteroatoms. The minimum absolute atomic E-state index is 0.0314. The number of aromatic amines is 1. The van der Waals surface area contributed by atoms with E-state index in [9.17, 15) is 19.2 Å². The van der Waals surface area contributed by atoms with Crippen LogP contribution >= 0.6 is 0 Å². The van der Waals surface area contributed by atoms with E-state index in [0.717, 1.165) is 61.4 Å². The summed E-state index contributed by atoms with van der Waals surface area (Å²) in [7, 11) is 1.30. The zero-order valence-electron chi connectivity index (χ0n) is 25.6. The van der Waals surface area contributed by atoms with Crippen molar-refractivity contribution in [1.29, 1.82) is 0 Å². The minimum Gasteiger partial charge on any atom is -0.467 e. The molecule has 8 nitrogen and oxygen atoms in total. The number of fused-ring (bicyclic) bond motifs is 6. The molecule has 1 amide bonds. The molecule has 1 aromatic carbocycles. The monoisotopic (exact) mass is 588 g/mol. The molecule has 0 radical (unpaired) electrons. The number of rotatable bonds is 8. The number of carbonyl (C=O) groups is 4. The molecule has 4 aliphatic carbocycles. The van der Waals surface area contributed by atoms with Crippen LogP contribution in [0.25, 0.3) is 10.9 Å². The fourth-order valence-corrected chi connectivity index (χ4v) is 9.26. The fraction of sp³-hybridized carbons (Fsp3) is 0.600. The van der Waals surface area contributed by atoms with Crippen molar-refractivity contribution in [1.82, 2.24) is 10.3 Å². The van der Waals surface area contributed by atoms with Gasteiger partial charge in [-0.15, -0.1) is 0 Å². The Morgan fingerprint density at radius 2 is 1.84 bits per heavy atom. The van der Waals surface area contributed by atoms with E-state index in [1.165, 1.54) is 12.7 Å². The lowest BCUT2D eigenvalue weighted by Crippen LogP contribution is -2.51. The van der Waals surface area contributed by atoms with Gasteiger partial charge in [0, 0.05) is 41.8 Å². The normalized spacial score (nSPS) is 32.2. The van der Waals surface area contributed by atoms with E-state index in [1.54, 1.807) is 0 Å². The van der Waals surface area contributed by atoms with Gasteiger partial charge in [0.1, 0.15) is 12.1 Å². The SMILES string of the molecule is COC(=O)[C@H](Cc1c[nH]c2ccccc12)NC(=O)CCC(=O)O[C@@H]1CC[C@@H]2[C@@H]3CCC4=CC(=O)CC[C@]4(C)[C@H]3CC[C@@]21C. The minimum atomic E-state index is -0.854. The van der Waals surface area contributed by atoms with Crippen LogP contribution in [0.3, 0.4) is 0 Å². The third kappa shape index (κ3) is 5.42. The van der Waals surface area contributed by atoms with Crippen LogP contribution < -0.4 is 5.32 Å². The number of hydrogen-bond acceptors (Lipinski definition) is 6. The van der Waals surface area contributed by atoms with Gasteiger partial charge in [-0.25, -0.2) is 4.79 Å². The molecule has 1 aromatic heterocycles. The molecule has 0 bridgehead atoms. The molecule has 0 saturated heterocycles. The van der Waals surface area contributed by atoms with Gasteiger partial charge in [-0.3, -0.25) is 14.4 Å². The molecule has 3 saturated carbocycles. The molecular weight excluding hydrogens is 544 g/mol. The number of para-hydroxylation sites is 1. The summed E-state index contributed by atoms with van der Waals surface area (Å²) < 4.78 is 11.1. The van der Waals surface area contributed by atoms with Gasteiger partial charge < -0.3 is 19.8 Å². The molecule has 1 heterocycles. The predicted molar refractivity (Wildman–Crippen MR) is 162 cm³/mol. The molecular formula is C35H44N2O6. The van der Waals surface area contributed by atoms with Crippen LogP contribution in [-0.2, 0) is 35.1 Å². The Morgan fingerprint density at radius 3 is 2.65 bits per heavy atom. The number of H-pyrrole nitrogens is 1. The molecule has 6 rings (SSSR count). The van der Waals surface area contributed by atoms with Crippen LogP contribution in [0.15, 0.2) is 42.1 Å². The van der Waals surface area contributed by atoms with Crippen molar-refractivity contribution in [2.45, 2.75) is 96.6 Å². The summed E-state index contributed by atoms with van der Waals surface area (Å²) in [6, 6.07) is 6.93. The Balaban J connectivity index is 1.04. The van der Waals surface area contributed by atoms with Crippen LogP contribution in [-0.4, -0.2) is 47.9 Å². The molecule has 0 aliphatic heterocycles. The van der Waals surface area contributed by atoms with Gasteiger partial charge in [0.25, 0.3) is 0 Å². The Kier molecular flexibility index (Phi) is 7.99. The highest BCUT2D eigenvalue weighted by atomic mass is 16.5. The first-order chi connectivity index (χ1) is 20.6. The number of ether oxygens (including phenoxy) is 2. The van der Waals surface area contributed by atoms with Gasteiger partial charge in [0.05, 0.1) is 13.5 Å². The highest BCUT2D eigenvalue weighted by Crippen LogP contribution is 2.65. The van der Waals surface area contributed by atoms with Gasteiger partial charge in [-0.1, -0.05) is 37.6 Å². The Morgan fingerprint density at radius 1 is 1.02 bits per heavy atom. The summed E-state index contributed by atoms with van der Waals surface area (Å²) in [5.41, 5.74) is 3.29. The van der Waals surface area contributed by atoms with Crippen molar-refractivity contribution in [3.63, 3.8) is 0 Å². The quantitative estimate of drug-likeness (QED) is 0.389. The molecule has 0 spiro atoms. The molecule has 43 heavy (non-hydrogen) atoms. The van der Waals surface area contributed by atoms with Gasteiger partial charge in [-0.2, -0.15) is 0 Å². The topological polar surface area (TPSA) is 115 Å². The first kappa shape index (κ1) is 29.6. The number of nitrogens with one attached hydrogen (secondary N) is 2. The summed E-state index contributed by atoms with van der Waals surface area (Å²) in [6.45, 7) is 4.68. The molecule has 7 atom stereocenters. The Labute approximate surface area is 253 Å². The van der Waals surface area contributed by atoms with Crippen LogP contribution in [0, 0.1) is 28.6 Å². The van der Waals surface area contributed by atoms with E-state index in [1.807, 2.05) is 36.5 Å². The summed E-state index contributed by atoms with van der Waals surface area (Å²) in [6.07, 6.45) is 11.6. The number of aromatic nitrogens is 1. The molecule has 4 aliphatic rings. The lowest BCUT2D eigenvalue weighted by molar-refractivity contribution is -0.160. The highest BCUT2D eigenvalue weighted by Gasteiger charge is 2.60. The second kappa shape index (κ2) is 11.6. The zero-order chi connectivity index (χ0) is 30.4. The number of ketones is 1. The Bertz CT molecular complexity index is 1460. The first-order valence-electron chi connectivity index (χ1n) is 16.0. The summed E-state index contributed by atoms with van der Waals surface area (Å²) in [5, 5.41) is 3.76. The number of allylic oxidation sites excluding steroid dienone is 1. The van der Waals surface area contributed by atoms with E-state index >= 15 is 0 Å². The Hall–Kier alpha value is -3.42. The van der Waals surface area contributed by atoms with Crippen LogP contribution in [0.1, 0.15) is 83.6 Å². The van der Waals surface area contributed by atoms with Gasteiger partial charge in [0.15, 0.2) is 5.78 Å². The molecule has 2 N–H and O–H groups in total. The third-order valence-corrected chi connectivity index (χ3v) is 11.6. The predicted octanol–water partition coefficient (Wildman–Crippen LogP) is 5.59. The first-order valence-corrected chi connectivity index (χ1v) is 16.0.